The van der Waals surface area contributed by atoms with Crippen LogP contribution in [0.1, 0.15) is 5.69 Å². The Labute approximate surface area is 129 Å². The summed E-state index contributed by atoms with van der Waals surface area (Å²) in [5.41, 5.74) is 1.42. The number of nitrogens with zero attached hydrogens (tertiary/aromatic N) is 1. The molecule has 21 heavy (non-hydrogen) atoms. The van der Waals surface area contributed by atoms with Crippen molar-refractivity contribution < 1.29 is 9.90 Å². The van der Waals surface area contributed by atoms with Crippen LogP contribution in [-0.2, 0) is 11.2 Å². The highest BCUT2D eigenvalue weighted by Gasteiger charge is 2.09. The van der Waals surface area contributed by atoms with Gasteiger partial charge in [0.05, 0.1) is 17.0 Å². The van der Waals surface area contributed by atoms with Crippen molar-refractivity contribution in [1.82, 2.24) is 4.98 Å². The first-order valence-electron chi connectivity index (χ1n) is 6.28. The van der Waals surface area contributed by atoms with Crippen LogP contribution in [0.3, 0.4) is 0 Å². The Hall–Kier alpha value is -2.18. The molecule has 0 aliphatic heterocycles. The van der Waals surface area contributed by atoms with E-state index >= 15 is 0 Å². The van der Waals surface area contributed by atoms with Crippen molar-refractivity contribution in [2.45, 2.75) is 6.42 Å². The fraction of sp³-hybridized carbons (Fsp3) is 0.0667. The Balaban J connectivity index is 1.64. The molecular weight excluding hydrogens is 304 g/mol. The summed E-state index contributed by atoms with van der Waals surface area (Å²) in [6, 6.07) is 10.4. The number of hydrogen-bond acceptors (Lipinski definition) is 5. The maximum absolute atomic E-state index is 12.0. The maximum atomic E-state index is 12.0. The Morgan fingerprint density at radius 2 is 2.00 bits per heavy atom. The number of rotatable bonds is 4. The van der Waals surface area contributed by atoms with Gasteiger partial charge in [-0.2, -0.15) is 0 Å². The summed E-state index contributed by atoms with van der Waals surface area (Å²) >= 11 is 3.18. The van der Waals surface area contributed by atoms with Crippen molar-refractivity contribution in [3.05, 3.63) is 52.9 Å². The van der Waals surface area contributed by atoms with E-state index in [2.05, 4.69) is 10.3 Å². The molecule has 3 rings (SSSR count). The number of phenols is 1. The highest BCUT2D eigenvalue weighted by Crippen LogP contribution is 2.28. The number of nitrogens with one attached hydrogen (secondary N) is 1. The smallest absolute Gasteiger partial charge is 0.230 e. The summed E-state index contributed by atoms with van der Waals surface area (Å²) in [5.74, 6) is 0.0526. The van der Waals surface area contributed by atoms with Crippen LogP contribution < -0.4 is 5.32 Å². The molecule has 0 saturated carbocycles. The van der Waals surface area contributed by atoms with Gasteiger partial charge >= 0.3 is 0 Å². The molecule has 0 aliphatic rings. The standard InChI is InChI=1S/C15H12N2O2S2/c18-12-5-3-10(4-6-12)16-14(19)8-11-9-21-15(17-11)13-2-1-7-20-13/h1-7,9,18H,8H2,(H,16,19). The lowest BCUT2D eigenvalue weighted by Gasteiger charge is -2.03. The molecule has 0 saturated heterocycles. The van der Waals surface area contributed by atoms with E-state index in [-0.39, 0.29) is 18.1 Å². The minimum atomic E-state index is -0.122. The van der Waals surface area contributed by atoms with Crippen LogP contribution in [0.5, 0.6) is 5.75 Å². The molecule has 0 radical (unpaired) electrons. The molecule has 2 N–H and O–H groups in total. The predicted molar refractivity (Wildman–Crippen MR) is 85.9 cm³/mol. The number of thiophene rings is 1. The van der Waals surface area contributed by atoms with E-state index in [0.717, 1.165) is 15.6 Å². The van der Waals surface area contributed by atoms with E-state index in [1.165, 1.54) is 12.1 Å². The number of aromatic hydroxyl groups is 1. The molecule has 6 heteroatoms. The quantitative estimate of drug-likeness (QED) is 0.720. The Morgan fingerprint density at radius 1 is 1.19 bits per heavy atom. The molecule has 0 atom stereocenters. The van der Waals surface area contributed by atoms with Crippen LogP contribution in [0.4, 0.5) is 5.69 Å². The van der Waals surface area contributed by atoms with Crippen LogP contribution >= 0.6 is 22.7 Å². The molecule has 4 nitrogen and oxygen atoms in total. The first kappa shape index (κ1) is 13.8. The first-order valence-corrected chi connectivity index (χ1v) is 8.04. The van der Waals surface area contributed by atoms with Gasteiger partial charge in [0.25, 0.3) is 0 Å². The molecule has 0 fully saturated rings. The first-order chi connectivity index (χ1) is 10.2. The minimum Gasteiger partial charge on any atom is -0.508 e. The molecule has 0 unspecified atom stereocenters. The van der Waals surface area contributed by atoms with E-state index in [1.54, 1.807) is 34.8 Å². The zero-order valence-corrected chi connectivity index (χ0v) is 12.6. The SMILES string of the molecule is O=C(Cc1csc(-c2cccs2)n1)Nc1ccc(O)cc1. The Kier molecular flexibility index (Phi) is 3.98. The monoisotopic (exact) mass is 316 g/mol. The zero-order valence-electron chi connectivity index (χ0n) is 10.9. The third-order valence-electron chi connectivity index (χ3n) is 2.78. The second-order valence-corrected chi connectivity index (χ2v) is 6.20. The van der Waals surface area contributed by atoms with E-state index in [0.29, 0.717) is 5.69 Å². The van der Waals surface area contributed by atoms with Gasteiger partial charge in [0.2, 0.25) is 5.91 Å². The van der Waals surface area contributed by atoms with Gasteiger partial charge in [-0.25, -0.2) is 4.98 Å². The highest BCUT2D eigenvalue weighted by atomic mass is 32.1. The zero-order chi connectivity index (χ0) is 14.7. The lowest BCUT2D eigenvalue weighted by Crippen LogP contribution is -2.14. The van der Waals surface area contributed by atoms with Gasteiger partial charge in [0.1, 0.15) is 10.8 Å². The van der Waals surface area contributed by atoms with Crippen LogP contribution in [0.2, 0.25) is 0 Å². The third kappa shape index (κ3) is 3.48. The van der Waals surface area contributed by atoms with Crippen LogP contribution in [0.25, 0.3) is 9.88 Å². The summed E-state index contributed by atoms with van der Waals surface area (Å²) in [4.78, 5) is 17.5. The van der Waals surface area contributed by atoms with Crippen LogP contribution in [0, 0.1) is 0 Å². The van der Waals surface area contributed by atoms with Gasteiger partial charge < -0.3 is 10.4 Å². The molecule has 106 valence electrons. The molecule has 1 aromatic carbocycles. The van der Waals surface area contributed by atoms with Gasteiger partial charge in [-0.05, 0) is 35.7 Å². The highest BCUT2D eigenvalue weighted by molar-refractivity contribution is 7.20. The van der Waals surface area contributed by atoms with Crippen molar-refractivity contribution in [2.75, 3.05) is 5.32 Å². The molecule has 0 aliphatic carbocycles. The third-order valence-corrected chi connectivity index (χ3v) is 4.71. The van der Waals surface area contributed by atoms with Crippen molar-refractivity contribution in [2.24, 2.45) is 0 Å². The van der Waals surface area contributed by atoms with E-state index < -0.39 is 0 Å². The number of aromatic nitrogens is 1. The van der Waals surface area contributed by atoms with Crippen molar-refractivity contribution in [3.63, 3.8) is 0 Å². The number of phenolic OH excluding ortho intramolecular Hbond substituents is 1. The summed E-state index contributed by atoms with van der Waals surface area (Å²) in [6.07, 6.45) is 0.239. The Bertz CT molecular complexity index is 733. The van der Waals surface area contributed by atoms with E-state index in [1.807, 2.05) is 22.9 Å². The number of anilines is 1. The number of carbonyl (C=O) groups is 1. The van der Waals surface area contributed by atoms with Crippen LogP contribution in [-0.4, -0.2) is 16.0 Å². The second-order valence-electron chi connectivity index (χ2n) is 4.39. The number of thiazole rings is 1. The normalized spacial score (nSPS) is 10.5. The molecule has 0 spiro atoms. The summed E-state index contributed by atoms with van der Waals surface area (Å²) in [5, 5.41) is 16.8. The molecule has 2 aromatic heterocycles. The van der Waals surface area contributed by atoms with Gasteiger partial charge in [0, 0.05) is 11.1 Å². The maximum Gasteiger partial charge on any atom is 0.230 e. The van der Waals surface area contributed by atoms with Gasteiger partial charge in [-0.3, -0.25) is 4.79 Å². The summed E-state index contributed by atoms with van der Waals surface area (Å²) in [7, 11) is 0. The lowest BCUT2D eigenvalue weighted by atomic mass is 10.2. The fourth-order valence-electron chi connectivity index (χ4n) is 1.82. The fourth-order valence-corrected chi connectivity index (χ4v) is 3.45. The van der Waals surface area contributed by atoms with Crippen LogP contribution in [0.15, 0.2) is 47.2 Å². The van der Waals surface area contributed by atoms with Crippen molar-refractivity contribution >= 4 is 34.3 Å². The van der Waals surface area contributed by atoms with Gasteiger partial charge in [-0.15, -0.1) is 22.7 Å². The number of carbonyl (C=O) groups excluding carboxylic acids is 1. The number of hydrogen-bond donors (Lipinski definition) is 2. The predicted octanol–water partition coefficient (Wildman–Crippen LogP) is 3.76. The summed E-state index contributed by atoms with van der Waals surface area (Å²) < 4.78 is 0. The number of amides is 1. The van der Waals surface area contributed by atoms with Crippen molar-refractivity contribution in [1.29, 1.82) is 0 Å². The molecule has 3 aromatic rings. The largest absolute Gasteiger partial charge is 0.508 e. The van der Waals surface area contributed by atoms with Gasteiger partial charge in [-0.1, -0.05) is 6.07 Å². The average Bonchev–Trinajstić information content (AvgIpc) is 3.12. The van der Waals surface area contributed by atoms with E-state index in [4.69, 9.17) is 0 Å². The lowest BCUT2D eigenvalue weighted by molar-refractivity contribution is -0.115. The van der Waals surface area contributed by atoms with E-state index in [9.17, 15) is 9.90 Å². The molecular formula is C15H12N2O2S2. The Morgan fingerprint density at radius 3 is 2.71 bits per heavy atom. The minimum absolute atomic E-state index is 0.122. The second kappa shape index (κ2) is 6.07. The molecule has 2 heterocycles. The van der Waals surface area contributed by atoms with Gasteiger partial charge in [0.15, 0.2) is 0 Å². The van der Waals surface area contributed by atoms with Crippen molar-refractivity contribution in [3.8, 4) is 15.6 Å². The molecule has 0 bridgehead atoms. The summed E-state index contributed by atoms with van der Waals surface area (Å²) in [6.45, 7) is 0. The molecule has 1 amide bonds. The average molecular weight is 316 g/mol. The topological polar surface area (TPSA) is 62.2 Å². The number of benzene rings is 1.